The molecule has 2 saturated heterocycles. The summed E-state index contributed by atoms with van der Waals surface area (Å²) in [6.07, 6.45) is 10.0. The molecule has 1 N–H and O–H groups in total. The van der Waals surface area contributed by atoms with E-state index in [4.69, 9.17) is 0 Å². The normalized spacial score (nSPS) is 23.5. The Kier molecular flexibility index (Phi) is 3.84. The number of hydrogen-bond donors (Lipinski definition) is 1. The van der Waals surface area contributed by atoms with Gasteiger partial charge in [0.2, 0.25) is 5.91 Å². The highest BCUT2D eigenvalue weighted by atomic mass is 16.2. The van der Waals surface area contributed by atoms with Crippen molar-refractivity contribution in [1.29, 1.82) is 0 Å². The molecule has 1 amide bonds. The maximum Gasteiger partial charge on any atom is 0.221 e. The SMILES string of the molecule is Cn1ccnc1CN1CCC2(CC1)NC(=O)C[C@H]2c1ccncc1. The predicted molar refractivity (Wildman–Crippen MR) is 90.2 cm³/mol. The zero-order chi connectivity index (χ0) is 16.6. The molecular weight excluding hydrogens is 302 g/mol. The lowest BCUT2D eigenvalue weighted by Gasteiger charge is -2.42. The van der Waals surface area contributed by atoms with Crippen LogP contribution in [0.15, 0.2) is 36.9 Å². The molecule has 0 aromatic carbocycles. The minimum atomic E-state index is -0.101. The largest absolute Gasteiger partial charge is 0.350 e. The van der Waals surface area contributed by atoms with Crippen LogP contribution >= 0.6 is 0 Å². The first-order valence-corrected chi connectivity index (χ1v) is 8.56. The number of amides is 1. The molecule has 2 aromatic rings. The van der Waals surface area contributed by atoms with Crippen LogP contribution in [0.4, 0.5) is 0 Å². The molecule has 0 aliphatic carbocycles. The van der Waals surface area contributed by atoms with Gasteiger partial charge in [-0.05, 0) is 30.5 Å². The molecule has 0 unspecified atom stereocenters. The molecule has 2 aliphatic heterocycles. The van der Waals surface area contributed by atoms with E-state index < -0.39 is 0 Å². The fraction of sp³-hybridized carbons (Fsp3) is 0.500. The van der Waals surface area contributed by atoms with Gasteiger partial charge in [0, 0.05) is 62.8 Å². The summed E-state index contributed by atoms with van der Waals surface area (Å²) in [6.45, 7) is 2.83. The van der Waals surface area contributed by atoms with Gasteiger partial charge in [0.05, 0.1) is 6.54 Å². The van der Waals surface area contributed by atoms with Crippen molar-refractivity contribution in [3.8, 4) is 0 Å². The van der Waals surface area contributed by atoms with Gasteiger partial charge in [-0.3, -0.25) is 14.7 Å². The van der Waals surface area contributed by atoms with E-state index in [1.54, 1.807) is 0 Å². The fourth-order valence-electron chi connectivity index (χ4n) is 4.16. The average Bonchev–Trinajstić information content (AvgIpc) is 3.14. The Bertz CT molecular complexity index is 718. The topological polar surface area (TPSA) is 63.1 Å². The molecule has 2 fully saturated rings. The number of likely N-dealkylation sites (tertiary alicyclic amines) is 1. The third-order valence-corrected chi connectivity index (χ3v) is 5.59. The van der Waals surface area contributed by atoms with Crippen molar-refractivity contribution in [2.75, 3.05) is 13.1 Å². The first kappa shape index (κ1) is 15.3. The highest BCUT2D eigenvalue weighted by molar-refractivity contribution is 5.81. The Morgan fingerprint density at radius 2 is 2.00 bits per heavy atom. The van der Waals surface area contributed by atoms with Crippen LogP contribution < -0.4 is 5.32 Å². The lowest BCUT2D eigenvalue weighted by molar-refractivity contribution is -0.120. The summed E-state index contributed by atoms with van der Waals surface area (Å²) in [5, 5.41) is 3.30. The summed E-state index contributed by atoms with van der Waals surface area (Å²) < 4.78 is 2.07. The number of nitrogens with one attached hydrogen (secondary N) is 1. The second-order valence-electron chi connectivity index (χ2n) is 6.97. The first-order valence-electron chi connectivity index (χ1n) is 8.56. The molecule has 1 spiro atoms. The Labute approximate surface area is 141 Å². The molecule has 6 heteroatoms. The maximum atomic E-state index is 12.1. The van der Waals surface area contributed by atoms with Crippen molar-refractivity contribution in [2.45, 2.75) is 37.3 Å². The minimum absolute atomic E-state index is 0.101. The summed E-state index contributed by atoms with van der Waals surface area (Å²) in [4.78, 5) is 23.1. The zero-order valence-electron chi connectivity index (χ0n) is 14.0. The second kappa shape index (κ2) is 6.02. The monoisotopic (exact) mass is 325 g/mol. The Morgan fingerprint density at radius 1 is 1.25 bits per heavy atom. The predicted octanol–water partition coefficient (Wildman–Crippen LogP) is 1.45. The van der Waals surface area contributed by atoms with Crippen LogP contribution in [0.2, 0.25) is 0 Å². The van der Waals surface area contributed by atoms with Crippen LogP contribution in [0.25, 0.3) is 0 Å². The van der Waals surface area contributed by atoms with Crippen molar-refractivity contribution in [3.05, 3.63) is 48.3 Å². The molecule has 0 radical (unpaired) electrons. The molecule has 4 heterocycles. The van der Waals surface area contributed by atoms with Gasteiger partial charge in [-0.2, -0.15) is 0 Å². The van der Waals surface area contributed by atoms with Crippen LogP contribution in [0, 0.1) is 0 Å². The van der Waals surface area contributed by atoms with Crippen LogP contribution in [-0.4, -0.2) is 44.0 Å². The van der Waals surface area contributed by atoms with Crippen LogP contribution in [0.3, 0.4) is 0 Å². The smallest absolute Gasteiger partial charge is 0.221 e. The van der Waals surface area contributed by atoms with E-state index in [1.165, 1.54) is 5.56 Å². The van der Waals surface area contributed by atoms with E-state index in [9.17, 15) is 4.79 Å². The number of carbonyl (C=O) groups excluding carboxylic acids is 1. The highest BCUT2D eigenvalue weighted by Crippen LogP contribution is 2.43. The van der Waals surface area contributed by atoms with Gasteiger partial charge in [0.25, 0.3) is 0 Å². The van der Waals surface area contributed by atoms with Gasteiger partial charge in [0.1, 0.15) is 5.82 Å². The number of aryl methyl sites for hydroxylation is 1. The summed E-state index contributed by atoms with van der Waals surface area (Å²) in [7, 11) is 2.03. The summed E-state index contributed by atoms with van der Waals surface area (Å²) >= 11 is 0. The van der Waals surface area contributed by atoms with Gasteiger partial charge in [-0.1, -0.05) is 0 Å². The van der Waals surface area contributed by atoms with Crippen molar-refractivity contribution >= 4 is 5.91 Å². The second-order valence-corrected chi connectivity index (χ2v) is 6.97. The standard InChI is InChI=1S/C18H23N5O/c1-22-11-8-20-16(22)13-23-9-4-18(5-10-23)15(12-17(24)21-18)14-2-6-19-7-3-14/h2-3,6-8,11,15H,4-5,9-10,12-13H2,1H3,(H,21,24)/t15-/m0/s1. The molecule has 24 heavy (non-hydrogen) atoms. The van der Waals surface area contributed by atoms with Crippen molar-refractivity contribution in [2.24, 2.45) is 7.05 Å². The van der Waals surface area contributed by atoms with Crippen molar-refractivity contribution < 1.29 is 4.79 Å². The number of pyridine rings is 1. The lowest BCUT2D eigenvalue weighted by Crippen LogP contribution is -2.53. The number of hydrogen-bond acceptors (Lipinski definition) is 4. The number of piperidine rings is 1. The zero-order valence-corrected chi connectivity index (χ0v) is 14.0. The quantitative estimate of drug-likeness (QED) is 0.928. The number of nitrogens with zero attached hydrogens (tertiary/aromatic N) is 4. The molecule has 2 aromatic heterocycles. The molecule has 2 aliphatic rings. The molecule has 0 bridgehead atoms. The van der Waals surface area contributed by atoms with E-state index in [1.807, 2.05) is 44.0 Å². The molecular formula is C18H23N5O. The van der Waals surface area contributed by atoms with Gasteiger partial charge in [-0.25, -0.2) is 4.98 Å². The number of imidazole rings is 1. The molecule has 4 rings (SSSR count). The van der Waals surface area contributed by atoms with Crippen LogP contribution in [-0.2, 0) is 18.4 Å². The van der Waals surface area contributed by atoms with Gasteiger partial charge in [-0.15, -0.1) is 0 Å². The minimum Gasteiger partial charge on any atom is -0.350 e. The highest BCUT2D eigenvalue weighted by Gasteiger charge is 2.48. The molecule has 6 nitrogen and oxygen atoms in total. The third-order valence-electron chi connectivity index (χ3n) is 5.59. The van der Waals surface area contributed by atoms with E-state index in [0.717, 1.165) is 38.3 Å². The van der Waals surface area contributed by atoms with E-state index in [2.05, 4.69) is 24.8 Å². The molecule has 126 valence electrons. The number of aromatic nitrogens is 3. The van der Waals surface area contributed by atoms with Crippen LogP contribution in [0.5, 0.6) is 0 Å². The van der Waals surface area contributed by atoms with Crippen molar-refractivity contribution in [3.63, 3.8) is 0 Å². The first-order chi connectivity index (χ1) is 11.7. The number of rotatable bonds is 3. The summed E-state index contributed by atoms with van der Waals surface area (Å²) in [5.41, 5.74) is 1.12. The van der Waals surface area contributed by atoms with Gasteiger partial charge in [0.15, 0.2) is 0 Å². The summed E-state index contributed by atoms with van der Waals surface area (Å²) in [5.74, 6) is 1.52. The van der Waals surface area contributed by atoms with Gasteiger partial charge < -0.3 is 9.88 Å². The Balaban J connectivity index is 1.48. The fourth-order valence-corrected chi connectivity index (χ4v) is 4.16. The molecule has 0 saturated carbocycles. The van der Waals surface area contributed by atoms with Gasteiger partial charge >= 0.3 is 0 Å². The van der Waals surface area contributed by atoms with Crippen molar-refractivity contribution in [1.82, 2.24) is 24.8 Å². The van der Waals surface area contributed by atoms with Crippen LogP contribution in [0.1, 0.15) is 36.6 Å². The Hall–Kier alpha value is -2.21. The lowest BCUT2D eigenvalue weighted by atomic mass is 9.74. The third kappa shape index (κ3) is 2.71. The maximum absolute atomic E-state index is 12.1. The summed E-state index contributed by atoms with van der Waals surface area (Å²) in [6, 6.07) is 4.10. The number of carbonyl (C=O) groups is 1. The van der Waals surface area contributed by atoms with E-state index >= 15 is 0 Å². The molecule has 1 atom stereocenters. The van der Waals surface area contributed by atoms with E-state index in [-0.39, 0.29) is 17.4 Å². The average molecular weight is 325 g/mol. The van der Waals surface area contributed by atoms with E-state index in [0.29, 0.717) is 6.42 Å². The Morgan fingerprint density at radius 3 is 2.67 bits per heavy atom.